The first-order chi connectivity index (χ1) is 11.1. The number of ether oxygens (including phenoxy) is 1. The maximum Gasteiger partial charge on any atom is 0.232 e. The van der Waals surface area contributed by atoms with E-state index in [4.69, 9.17) is 10.5 Å². The molecular formula is C15H21ClN6O2. The van der Waals surface area contributed by atoms with Crippen LogP contribution in [0.1, 0.15) is 18.7 Å². The number of benzene rings is 1. The number of halogens is 1. The Morgan fingerprint density at radius 1 is 1.42 bits per heavy atom. The molecule has 1 saturated heterocycles. The van der Waals surface area contributed by atoms with E-state index in [0.29, 0.717) is 44.1 Å². The number of hydrogen-bond donors (Lipinski definition) is 2. The number of anilines is 1. The molecule has 9 heteroatoms. The molecule has 0 unspecified atom stereocenters. The zero-order valence-corrected chi connectivity index (χ0v) is 14.3. The predicted octanol–water partition coefficient (Wildman–Crippen LogP) is 1.09. The summed E-state index contributed by atoms with van der Waals surface area (Å²) in [6.07, 6.45) is 1.28. The Balaban J connectivity index is 0.00000208. The van der Waals surface area contributed by atoms with Crippen molar-refractivity contribution in [2.75, 3.05) is 25.1 Å². The summed E-state index contributed by atoms with van der Waals surface area (Å²) >= 11 is 0. The summed E-state index contributed by atoms with van der Waals surface area (Å²) in [4.78, 5) is 12.7. The van der Waals surface area contributed by atoms with Crippen LogP contribution >= 0.6 is 12.4 Å². The SMILES string of the molecule is Cc1nnnn1-c1cccc(NC(=O)C2(CN)CCOCC2)c1.Cl. The molecule has 3 N–H and O–H groups in total. The van der Waals surface area contributed by atoms with Gasteiger partial charge in [-0.2, -0.15) is 4.68 Å². The summed E-state index contributed by atoms with van der Waals surface area (Å²) in [5, 5.41) is 14.4. The Morgan fingerprint density at radius 3 is 2.79 bits per heavy atom. The van der Waals surface area contributed by atoms with Crippen LogP contribution in [0.4, 0.5) is 5.69 Å². The summed E-state index contributed by atoms with van der Waals surface area (Å²) in [7, 11) is 0. The van der Waals surface area contributed by atoms with Gasteiger partial charge < -0.3 is 15.8 Å². The van der Waals surface area contributed by atoms with E-state index in [-0.39, 0.29) is 18.3 Å². The second-order valence-corrected chi connectivity index (χ2v) is 5.74. The Hall–Kier alpha value is -2.03. The normalized spacial score (nSPS) is 16.2. The minimum absolute atomic E-state index is 0. The topological polar surface area (TPSA) is 108 Å². The monoisotopic (exact) mass is 352 g/mol. The maximum atomic E-state index is 12.7. The van der Waals surface area contributed by atoms with Gasteiger partial charge in [-0.05, 0) is 48.4 Å². The third kappa shape index (κ3) is 3.55. The summed E-state index contributed by atoms with van der Waals surface area (Å²) < 4.78 is 6.96. The third-order valence-electron chi connectivity index (χ3n) is 4.30. The highest BCUT2D eigenvalue weighted by Gasteiger charge is 2.38. The van der Waals surface area contributed by atoms with E-state index in [1.165, 1.54) is 0 Å². The van der Waals surface area contributed by atoms with Crippen LogP contribution < -0.4 is 11.1 Å². The molecule has 1 aliphatic rings. The van der Waals surface area contributed by atoms with Gasteiger partial charge in [0.25, 0.3) is 0 Å². The van der Waals surface area contributed by atoms with Crippen molar-refractivity contribution in [3.05, 3.63) is 30.1 Å². The lowest BCUT2D eigenvalue weighted by atomic mass is 9.79. The zero-order chi connectivity index (χ0) is 16.3. The van der Waals surface area contributed by atoms with Crippen LogP contribution in [-0.2, 0) is 9.53 Å². The molecule has 130 valence electrons. The third-order valence-corrected chi connectivity index (χ3v) is 4.30. The van der Waals surface area contributed by atoms with Crippen molar-refractivity contribution in [1.82, 2.24) is 20.2 Å². The number of hydrogen-bond acceptors (Lipinski definition) is 6. The van der Waals surface area contributed by atoms with Gasteiger partial charge in [-0.25, -0.2) is 0 Å². The highest BCUT2D eigenvalue weighted by atomic mass is 35.5. The number of carbonyl (C=O) groups is 1. The van der Waals surface area contributed by atoms with Crippen LogP contribution in [0.3, 0.4) is 0 Å². The number of aromatic nitrogens is 4. The number of nitrogens with one attached hydrogen (secondary N) is 1. The van der Waals surface area contributed by atoms with Gasteiger partial charge in [0.05, 0.1) is 11.1 Å². The summed E-state index contributed by atoms with van der Waals surface area (Å²) in [6.45, 7) is 3.26. The Bertz CT molecular complexity index is 699. The fraction of sp³-hybridized carbons (Fsp3) is 0.467. The number of aryl methyl sites for hydroxylation is 1. The standard InChI is InChI=1S/C15H20N6O2.ClH/c1-11-18-19-20-21(11)13-4-2-3-12(9-13)17-14(22)15(10-16)5-7-23-8-6-15;/h2-4,9H,5-8,10,16H2,1H3,(H,17,22);1H. The van der Waals surface area contributed by atoms with Gasteiger partial charge in [0.2, 0.25) is 5.91 Å². The Labute approximate surface area is 146 Å². The first-order valence-electron chi connectivity index (χ1n) is 7.59. The van der Waals surface area contributed by atoms with Crippen molar-refractivity contribution in [3.63, 3.8) is 0 Å². The van der Waals surface area contributed by atoms with Gasteiger partial charge >= 0.3 is 0 Å². The van der Waals surface area contributed by atoms with E-state index in [9.17, 15) is 4.79 Å². The lowest BCUT2D eigenvalue weighted by Gasteiger charge is -2.34. The smallest absolute Gasteiger partial charge is 0.232 e. The highest BCUT2D eigenvalue weighted by Crippen LogP contribution is 2.31. The molecule has 1 amide bonds. The van der Waals surface area contributed by atoms with Gasteiger partial charge in [-0.3, -0.25) is 4.79 Å². The summed E-state index contributed by atoms with van der Waals surface area (Å²) in [5.41, 5.74) is 6.80. The molecule has 8 nitrogen and oxygen atoms in total. The average molecular weight is 353 g/mol. The molecule has 0 aliphatic carbocycles. The largest absolute Gasteiger partial charge is 0.381 e. The first kappa shape index (κ1) is 18.3. The highest BCUT2D eigenvalue weighted by molar-refractivity contribution is 5.95. The first-order valence-corrected chi connectivity index (χ1v) is 7.59. The van der Waals surface area contributed by atoms with Gasteiger partial charge in [-0.1, -0.05) is 6.07 Å². The van der Waals surface area contributed by atoms with Gasteiger partial charge in [0.1, 0.15) is 0 Å². The average Bonchev–Trinajstić information content (AvgIpc) is 3.01. The van der Waals surface area contributed by atoms with Crippen molar-refractivity contribution < 1.29 is 9.53 Å². The zero-order valence-electron chi connectivity index (χ0n) is 13.4. The predicted molar refractivity (Wildman–Crippen MR) is 91.3 cm³/mol. The van der Waals surface area contributed by atoms with Crippen molar-refractivity contribution in [2.45, 2.75) is 19.8 Å². The number of nitrogens with zero attached hydrogens (tertiary/aromatic N) is 4. The number of amides is 1. The van der Waals surface area contributed by atoms with Crippen LogP contribution in [0.2, 0.25) is 0 Å². The molecule has 0 spiro atoms. The maximum absolute atomic E-state index is 12.7. The van der Waals surface area contributed by atoms with E-state index < -0.39 is 5.41 Å². The fourth-order valence-corrected chi connectivity index (χ4v) is 2.74. The second-order valence-electron chi connectivity index (χ2n) is 5.74. The van der Waals surface area contributed by atoms with Crippen LogP contribution in [0, 0.1) is 12.3 Å². The van der Waals surface area contributed by atoms with E-state index in [2.05, 4.69) is 20.8 Å². The molecule has 24 heavy (non-hydrogen) atoms. The quantitative estimate of drug-likeness (QED) is 0.852. The molecule has 0 radical (unpaired) electrons. The van der Waals surface area contributed by atoms with Crippen LogP contribution in [0.5, 0.6) is 0 Å². The van der Waals surface area contributed by atoms with Gasteiger partial charge in [0, 0.05) is 25.4 Å². The second kappa shape index (κ2) is 7.69. The van der Waals surface area contributed by atoms with Crippen LogP contribution in [-0.4, -0.2) is 45.9 Å². The van der Waals surface area contributed by atoms with Crippen molar-refractivity contribution in [1.29, 1.82) is 0 Å². The number of carbonyl (C=O) groups excluding carboxylic acids is 1. The van der Waals surface area contributed by atoms with E-state index >= 15 is 0 Å². The number of nitrogens with two attached hydrogens (primary N) is 1. The van der Waals surface area contributed by atoms with Crippen LogP contribution in [0.25, 0.3) is 5.69 Å². The summed E-state index contributed by atoms with van der Waals surface area (Å²) in [5.74, 6) is 0.616. The molecule has 0 atom stereocenters. The fourth-order valence-electron chi connectivity index (χ4n) is 2.74. The molecule has 1 aromatic carbocycles. The molecule has 3 rings (SSSR count). The lowest BCUT2D eigenvalue weighted by molar-refractivity contribution is -0.130. The molecule has 0 bridgehead atoms. The van der Waals surface area contributed by atoms with Gasteiger partial charge in [0.15, 0.2) is 5.82 Å². The Kier molecular flexibility index (Phi) is 5.87. The van der Waals surface area contributed by atoms with Crippen molar-refractivity contribution >= 4 is 24.0 Å². The Morgan fingerprint density at radius 2 is 2.17 bits per heavy atom. The van der Waals surface area contributed by atoms with Crippen LogP contribution in [0.15, 0.2) is 24.3 Å². The van der Waals surface area contributed by atoms with E-state index in [0.717, 1.165) is 5.69 Å². The molecule has 0 saturated carbocycles. The minimum atomic E-state index is -0.557. The molecule has 2 aromatic rings. The van der Waals surface area contributed by atoms with Gasteiger partial charge in [-0.15, -0.1) is 17.5 Å². The minimum Gasteiger partial charge on any atom is -0.381 e. The van der Waals surface area contributed by atoms with E-state index in [1.807, 2.05) is 31.2 Å². The van der Waals surface area contributed by atoms with E-state index in [1.54, 1.807) is 4.68 Å². The summed E-state index contributed by atoms with van der Waals surface area (Å²) in [6, 6.07) is 7.41. The van der Waals surface area contributed by atoms with Crippen molar-refractivity contribution in [3.8, 4) is 5.69 Å². The molecule has 2 heterocycles. The molecular weight excluding hydrogens is 332 g/mol. The lowest BCUT2D eigenvalue weighted by Crippen LogP contribution is -2.46. The number of rotatable bonds is 4. The molecule has 1 fully saturated rings. The van der Waals surface area contributed by atoms with Crippen molar-refractivity contribution in [2.24, 2.45) is 11.1 Å². The molecule has 1 aliphatic heterocycles. The molecule has 1 aromatic heterocycles. The number of tetrazole rings is 1.